The number of hydrogen-bond acceptors (Lipinski definition) is 6. The van der Waals surface area contributed by atoms with E-state index >= 15 is 0 Å². The molecule has 6 nitrogen and oxygen atoms in total. The number of hydrogen-bond donors (Lipinski definition) is 1. The number of para-hydroxylation sites is 2. The highest BCUT2D eigenvalue weighted by atomic mass is 32.3. The summed E-state index contributed by atoms with van der Waals surface area (Å²) in [4.78, 5) is 11.6. The van der Waals surface area contributed by atoms with Crippen LogP contribution >= 0.6 is 11.3 Å². The van der Waals surface area contributed by atoms with Gasteiger partial charge in [0.1, 0.15) is 0 Å². The lowest BCUT2D eigenvalue weighted by Gasteiger charge is -2.09. The lowest BCUT2D eigenvalue weighted by molar-refractivity contribution is -0.119. The van der Waals surface area contributed by atoms with Crippen LogP contribution in [-0.2, 0) is 21.5 Å². The molecular weight excluding hydrogens is 326 g/mol. The number of benzene rings is 1. The minimum absolute atomic E-state index is 0.0683. The first kappa shape index (κ1) is 16.3. The van der Waals surface area contributed by atoms with E-state index in [4.69, 9.17) is 8.92 Å². The van der Waals surface area contributed by atoms with Crippen molar-refractivity contribution < 1.29 is 22.1 Å². The number of ether oxygens (including phenoxy) is 1. The summed E-state index contributed by atoms with van der Waals surface area (Å²) < 4.78 is 34.8. The van der Waals surface area contributed by atoms with Crippen molar-refractivity contribution in [2.24, 2.45) is 0 Å². The average Bonchev–Trinajstić information content (AvgIpc) is 2.95. The van der Waals surface area contributed by atoms with Crippen molar-refractivity contribution in [2.45, 2.75) is 17.7 Å². The topological polar surface area (TPSA) is 81.7 Å². The molecule has 22 heavy (non-hydrogen) atoms. The second-order valence-corrected chi connectivity index (χ2v) is 7.26. The molecule has 2 rings (SSSR count). The van der Waals surface area contributed by atoms with Gasteiger partial charge in [-0.3, -0.25) is 4.79 Å². The third-order valence-electron chi connectivity index (χ3n) is 2.66. The molecule has 1 amide bonds. The predicted octanol–water partition coefficient (Wildman–Crippen LogP) is 2.16. The van der Waals surface area contributed by atoms with E-state index in [0.29, 0.717) is 5.75 Å². The number of amides is 1. The van der Waals surface area contributed by atoms with E-state index in [9.17, 15) is 13.2 Å². The van der Waals surface area contributed by atoms with E-state index in [1.54, 1.807) is 24.3 Å². The lowest BCUT2D eigenvalue weighted by Crippen LogP contribution is -2.18. The number of carbonyl (C=O) groups excluding carboxylic acids is 1. The van der Waals surface area contributed by atoms with Crippen LogP contribution in [0, 0.1) is 0 Å². The van der Waals surface area contributed by atoms with Gasteiger partial charge in [0.2, 0.25) is 5.91 Å². The Morgan fingerprint density at radius 2 is 1.86 bits per heavy atom. The van der Waals surface area contributed by atoms with Crippen LogP contribution in [0.3, 0.4) is 0 Å². The second kappa shape index (κ2) is 6.80. The smallest absolute Gasteiger partial charge is 0.348 e. The van der Waals surface area contributed by atoms with Gasteiger partial charge in [-0.2, -0.15) is 8.42 Å². The molecule has 2 aromatic rings. The first-order chi connectivity index (χ1) is 10.4. The maximum atomic E-state index is 12.3. The molecule has 1 N–H and O–H groups in total. The zero-order chi connectivity index (χ0) is 16.2. The average molecular weight is 341 g/mol. The van der Waals surface area contributed by atoms with Crippen molar-refractivity contribution >= 4 is 27.4 Å². The SMILES string of the molecule is COc1ccccc1OS(=O)(=O)c1ccc(CNC(C)=O)s1. The Labute approximate surface area is 132 Å². The fourth-order valence-corrected chi connectivity index (χ4v) is 3.84. The third kappa shape index (κ3) is 3.99. The number of methoxy groups -OCH3 is 1. The van der Waals surface area contributed by atoms with E-state index in [-0.39, 0.29) is 22.4 Å². The summed E-state index contributed by atoms with van der Waals surface area (Å²) in [6.07, 6.45) is 0. The van der Waals surface area contributed by atoms with Crippen LogP contribution in [0.25, 0.3) is 0 Å². The van der Waals surface area contributed by atoms with Gasteiger partial charge in [-0.1, -0.05) is 12.1 Å². The molecule has 0 aliphatic heterocycles. The Morgan fingerprint density at radius 1 is 1.18 bits per heavy atom. The highest BCUT2D eigenvalue weighted by Gasteiger charge is 2.21. The maximum Gasteiger partial charge on any atom is 0.348 e. The molecule has 0 saturated heterocycles. The number of rotatable bonds is 6. The Bertz CT molecular complexity index is 767. The van der Waals surface area contributed by atoms with Crippen LogP contribution in [0.5, 0.6) is 11.5 Å². The molecule has 0 spiro atoms. The number of nitrogens with one attached hydrogen (secondary N) is 1. The van der Waals surface area contributed by atoms with Gasteiger partial charge < -0.3 is 14.2 Å². The summed E-state index contributed by atoms with van der Waals surface area (Å²) in [5, 5.41) is 2.61. The molecular formula is C14H15NO5S2. The fraction of sp³-hybridized carbons (Fsp3) is 0.214. The third-order valence-corrected chi connectivity index (χ3v) is 5.43. The monoisotopic (exact) mass is 341 g/mol. The minimum Gasteiger partial charge on any atom is -0.493 e. The summed E-state index contributed by atoms with van der Waals surface area (Å²) >= 11 is 1.05. The zero-order valence-electron chi connectivity index (χ0n) is 12.0. The molecule has 0 atom stereocenters. The molecule has 8 heteroatoms. The van der Waals surface area contributed by atoms with E-state index < -0.39 is 10.1 Å². The maximum absolute atomic E-state index is 12.3. The summed E-state index contributed by atoms with van der Waals surface area (Å²) in [7, 11) is -2.50. The normalized spacial score (nSPS) is 11.0. The molecule has 118 valence electrons. The fourth-order valence-electron chi connectivity index (χ4n) is 1.65. The van der Waals surface area contributed by atoms with Gasteiger partial charge in [-0.15, -0.1) is 11.3 Å². The first-order valence-electron chi connectivity index (χ1n) is 6.33. The Morgan fingerprint density at radius 3 is 2.50 bits per heavy atom. The number of thiophene rings is 1. The molecule has 1 aromatic carbocycles. The molecule has 0 fully saturated rings. The van der Waals surface area contributed by atoms with Crippen molar-refractivity contribution in [3.63, 3.8) is 0 Å². The van der Waals surface area contributed by atoms with E-state index in [2.05, 4.69) is 5.32 Å². The summed E-state index contributed by atoms with van der Waals surface area (Å²) in [6.45, 7) is 1.68. The van der Waals surface area contributed by atoms with Crippen LogP contribution in [0.4, 0.5) is 0 Å². The van der Waals surface area contributed by atoms with Gasteiger partial charge in [0, 0.05) is 11.8 Å². The van der Waals surface area contributed by atoms with Crippen molar-refractivity contribution in [3.8, 4) is 11.5 Å². The van der Waals surface area contributed by atoms with Gasteiger partial charge >= 0.3 is 10.1 Å². The molecule has 0 radical (unpaired) electrons. The van der Waals surface area contributed by atoms with Crippen LogP contribution in [0.15, 0.2) is 40.6 Å². The van der Waals surface area contributed by atoms with Crippen molar-refractivity contribution in [3.05, 3.63) is 41.3 Å². The van der Waals surface area contributed by atoms with Gasteiger partial charge in [0.15, 0.2) is 15.7 Å². The Balaban J connectivity index is 2.18. The van der Waals surface area contributed by atoms with Gasteiger partial charge in [0.05, 0.1) is 13.7 Å². The summed E-state index contributed by atoms with van der Waals surface area (Å²) in [5.41, 5.74) is 0. The predicted molar refractivity (Wildman–Crippen MR) is 82.6 cm³/mol. The molecule has 0 bridgehead atoms. The molecule has 0 unspecified atom stereocenters. The minimum atomic E-state index is -3.94. The second-order valence-electron chi connectivity index (χ2n) is 4.32. The van der Waals surface area contributed by atoms with Crippen molar-refractivity contribution in [2.75, 3.05) is 7.11 Å². The standard InChI is InChI=1S/C14H15NO5S2/c1-10(16)15-9-11-7-8-14(21-11)22(17,18)20-13-6-4-3-5-12(13)19-2/h3-8H,9H2,1-2H3,(H,15,16). The zero-order valence-corrected chi connectivity index (χ0v) is 13.7. The Kier molecular flexibility index (Phi) is 5.04. The molecule has 0 aliphatic carbocycles. The van der Waals surface area contributed by atoms with Crippen LogP contribution in [0.1, 0.15) is 11.8 Å². The Hall–Kier alpha value is -2.06. The molecule has 0 saturated carbocycles. The van der Waals surface area contributed by atoms with Gasteiger partial charge in [-0.25, -0.2) is 0 Å². The summed E-state index contributed by atoms with van der Waals surface area (Å²) in [6, 6.07) is 9.59. The molecule has 1 heterocycles. The van der Waals surface area contributed by atoms with Crippen LogP contribution < -0.4 is 14.2 Å². The summed E-state index contributed by atoms with van der Waals surface area (Å²) in [5.74, 6) is 0.283. The lowest BCUT2D eigenvalue weighted by atomic mass is 10.3. The van der Waals surface area contributed by atoms with Crippen molar-refractivity contribution in [1.29, 1.82) is 0 Å². The van der Waals surface area contributed by atoms with E-state index in [1.165, 1.54) is 26.2 Å². The quantitative estimate of drug-likeness (QED) is 0.814. The highest BCUT2D eigenvalue weighted by Crippen LogP contribution is 2.31. The molecule has 1 aromatic heterocycles. The van der Waals surface area contributed by atoms with Crippen LogP contribution in [-0.4, -0.2) is 21.4 Å². The largest absolute Gasteiger partial charge is 0.493 e. The number of carbonyl (C=O) groups is 1. The molecule has 0 aliphatic rings. The highest BCUT2D eigenvalue weighted by molar-refractivity contribution is 7.89. The van der Waals surface area contributed by atoms with E-state index in [1.807, 2.05) is 0 Å². The first-order valence-corrected chi connectivity index (χ1v) is 8.55. The van der Waals surface area contributed by atoms with Crippen LogP contribution in [0.2, 0.25) is 0 Å². The van der Waals surface area contributed by atoms with Crippen molar-refractivity contribution in [1.82, 2.24) is 5.32 Å². The van der Waals surface area contributed by atoms with Gasteiger partial charge in [0.25, 0.3) is 0 Å². The van der Waals surface area contributed by atoms with E-state index in [0.717, 1.165) is 16.2 Å². The van der Waals surface area contributed by atoms with Gasteiger partial charge in [-0.05, 0) is 24.3 Å².